The van der Waals surface area contributed by atoms with Crippen LogP contribution in [0.4, 0.5) is 5.69 Å². The van der Waals surface area contributed by atoms with Crippen LogP contribution < -0.4 is 10.5 Å². The van der Waals surface area contributed by atoms with Crippen LogP contribution in [0.1, 0.15) is 5.76 Å². The van der Waals surface area contributed by atoms with Gasteiger partial charge in [0.25, 0.3) is 5.69 Å². The summed E-state index contributed by atoms with van der Waals surface area (Å²) in [5.41, 5.74) is 6.17. The lowest BCUT2D eigenvalue weighted by atomic mass is 10.1. The van der Waals surface area contributed by atoms with E-state index in [2.05, 4.69) is 4.99 Å². The summed E-state index contributed by atoms with van der Waals surface area (Å²) < 4.78 is 10.8. The summed E-state index contributed by atoms with van der Waals surface area (Å²) in [6.07, 6.45) is 1.48. The minimum atomic E-state index is -0.504. The van der Waals surface area contributed by atoms with Gasteiger partial charge >= 0.3 is 0 Å². The standard InChI is InChI=1S/C15H11N3O5S/c1-22-13-6-8(18(20)21)2-4-10(13)12-5-3-9(23-12)7-11-14(19)24-15(16)17-11/h2-7H,1H3,(H2,16,17)/b11-7+. The van der Waals surface area contributed by atoms with Gasteiger partial charge in [0, 0.05) is 12.1 Å². The topological polar surface area (TPSA) is 121 Å². The number of aliphatic imine (C=N–C) groups is 1. The van der Waals surface area contributed by atoms with E-state index in [-0.39, 0.29) is 21.7 Å². The normalized spacial score (nSPS) is 15.6. The molecule has 1 aliphatic rings. The Hall–Kier alpha value is -3.07. The van der Waals surface area contributed by atoms with Crippen LogP contribution in [0.3, 0.4) is 0 Å². The Bertz CT molecular complexity index is 900. The number of amidine groups is 1. The van der Waals surface area contributed by atoms with Crippen LogP contribution in [-0.4, -0.2) is 22.3 Å². The Morgan fingerprint density at radius 1 is 1.38 bits per heavy atom. The van der Waals surface area contributed by atoms with E-state index in [0.29, 0.717) is 22.8 Å². The minimum absolute atomic E-state index is 0.0807. The first-order chi connectivity index (χ1) is 11.5. The first-order valence-electron chi connectivity index (χ1n) is 6.68. The molecule has 122 valence electrons. The molecule has 8 nitrogen and oxygen atoms in total. The fourth-order valence-corrected chi connectivity index (χ4v) is 2.68. The first kappa shape index (κ1) is 15.8. The molecule has 1 aromatic heterocycles. The number of ether oxygens (including phenoxy) is 1. The van der Waals surface area contributed by atoms with Crippen LogP contribution in [0.25, 0.3) is 17.4 Å². The molecular formula is C15H11N3O5S. The van der Waals surface area contributed by atoms with E-state index in [9.17, 15) is 14.9 Å². The third-order valence-corrected chi connectivity index (χ3v) is 3.90. The Morgan fingerprint density at radius 3 is 2.79 bits per heavy atom. The summed E-state index contributed by atoms with van der Waals surface area (Å²) in [7, 11) is 1.42. The zero-order chi connectivity index (χ0) is 17.3. The van der Waals surface area contributed by atoms with E-state index in [1.54, 1.807) is 18.2 Å². The van der Waals surface area contributed by atoms with Crippen molar-refractivity contribution in [3.05, 3.63) is 51.9 Å². The fraction of sp³-hybridized carbons (Fsp3) is 0.0667. The third kappa shape index (κ3) is 3.01. The van der Waals surface area contributed by atoms with E-state index in [1.807, 2.05) is 0 Å². The third-order valence-electron chi connectivity index (χ3n) is 3.20. The second-order valence-corrected chi connectivity index (χ2v) is 5.71. The van der Waals surface area contributed by atoms with E-state index >= 15 is 0 Å². The lowest BCUT2D eigenvalue weighted by Gasteiger charge is -2.05. The number of nitrogens with two attached hydrogens (primary N) is 1. The highest BCUT2D eigenvalue weighted by atomic mass is 32.2. The fourth-order valence-electron chi connectivity index (χ4n) is 2.13. The van der Waals surface area contributed by atoms with Gasteiger partial charge in [0.05, 0.1) is 23.7 Å². The molecule has 3 rings (SSSR count). The maximum atomic E-state index is 11.6. The molecule has 2 aromatic rings. The van der Waals surface area contributed by atoms with Crippen molar-refractivity contribution >= 4 is 33.8 Å². The quantitative estimate of drug-likeness (QED) is 0.513. The number of furan rings is 1. The molecule has 0 spiro atoms. The second-order valence-electron chi connectivity index (χ2n) is 4.71. The number of methoxy groups -OCH3 is 1. The number of hydrogen-bond donors (Lipinski definition) is 1. The number of thioether (sulfide) groups is 1. The zero-order valence-electron chi connectivity index (χ0n) is 12.4. The van der Waals surface area contributed by atoms with Gasteiger partial charge in [-0.1, -0.05) is 0 Å². The molecule has 9 heteroatoms. The molecule has 0 atom stereocenters. The van der Waals surface area contributed by atoms with Gasteiger partial charge in [0.15, 0.2) is 5.17 Å². The maximum Gasteiger partial charge on any atom is 0.273 e. The molecule has 1 aromatic carbocycles. The summed E-state index contributed by atoms with van der Waals surface area (Å²) in [5.74, 6) is 1.17. The van der Waals surface area contributed by atoms with Crippen LogP contribution in [0.5, 0.6) is 5.75 Å². The largest absolute Gasteiger partial charge is 0.496 e. The summed E-state index contributed by atoms with van der Waals surface area (Å²) in [4.78, 5) is 25.9. The lowest BCUT2D eigenvalue weighted by Crippen LogP contribution is -2.01. The van der Waals surface area contributed by atoms with Gasteiger partial charge in [-0.15, -0.1) is 0 Å². The highest BCUT2D eigenvalue weighted by molar-refractivity contribution is 8.27. The summed E-state index contributed by atoms with van der Waals surface area (Å²) >= 11 is 0.856. The Kier molecular flexibility index (Phi) is 4.09. The van der Waals surface area contributed by atoms with E-state index < -0.39 is 4.92 Å². The van der Waals surface area contributed by atoms with Crippen molar-refractivity contribution in [1.29, 1.82) is 0 Å². The van der Waals surface area contributed by atoms with Crippen LogP contribution in [0.2, 0.25) is 0 Å². The first-order valence-corrected chi connectivity index (χ1v) is 7.50. The predicted octanol–water partition coefficient (Wildman–Crippen LogP) is 2.79. The van der Waals surface area contributed by atoms with Crippen molar-refractivity contribution < 1.29 is 18.9 Å². The van der Waals surface area contributed by atoms with Crippen molar-refractivity contribution in [2.75, 3.05) is 7.11 Å². The monoisotopic (exact) mass is 345 g/mol. The molecule has 0 radical (unpaired) electrons. The molecule has 0 saturated carbocycles. The molecule has 2 N–H and O–H groups in total. The van der Waals surface area contributed by atoms with Gasteiger partial charge in [-0.2, -0.15) is 0 Å². The number of non-ortho nitro benzene ring substituents is 1. The molecule has 0 saturated heterocycles. The van der Waals surface area contributed by atoms with Crippen molar-refractivity contribution in [3.8, 4) is 17.1 Å². The van der Waals surface area contributed by atoms with E-state index in [4.69, 9.17) is 14.9 Å². The average molecular weight is 345 g/mol. The molecule has 24 heavy (non-hydrogen) atoms. The number of nitro benzene ring substituents is 1. The van der Waals surface area contributed by atoms with E-state index in [0.717, 1.165) is 11.8 Å². The molecule has 0 unspecified atom stereocenters. The number of nitro groups is 1. The van der Waals surface area contributed by atoms with Crippen molar-refractivity contribution in [2.24, 2.45) is 10.7 Å². The van der Waals surface area contributed by atoms with Gasteiger partial charge in [-0.3, -0.25) is 14.9 Å². The van der Waals surface area contributed by atoms with Crippen LogP contribution in [0, 0.1) is 10.1 Å². The van der Waals surface area contributed by atoms with Gasteiger partial charge in [-0.25, -0.2) is 4.99 Å². The highest BCUT2D eigenvalue weighted by Crippen LogP contribution is 2.35. The minimum Gasteiger partial charge on any atom is -0.496 e. The summed E-state index contributed by atoms with van der Waals surface area (Å²) in [6.45, 7) is 0. The van der Waals surface area contributed by atoms with E-state index in [1.165, 1.54) is 25.3 Å². The van der Waals surface area contributed by atoms with Crippen molar-refractivity contribution in [2.45, 2.75) is 0 Å². The Labute approximate surface area is 140 Å². The average Bonchev–Trinajstić information content (AvgIpc) is 3.13. The number of nitrogens with zero attached hydrogens (tertiary/aromatic N) is 2. The Morgan fingerprint density at radius 2 is 2.17 bits per heavy atom. The van der Waals surface area contributed by atoms with Crippen LogP contribution in [0.15, 0.2) is 45.4 Å². The van der Waals surface area contributed by atoms with Gasteiger partial charge < -0.3 is 14.9 Å². The van der Waals surface area contributed by atoms with Crippen molar-refractivity contribution in [1.82, 2.24) is 0 Å². The number of rotatable bonds is 4. The second kappa shape index (κ2) is 6.20. The molecule has 0 bridgehead atoms. The molecular weight excluding hydrogens is 334 g/mol. The smallest absolute Gasteiger partial charge is 0.273 e. The van der Waals surface area contributed by atoms with Gasteiger partial charge in [-0.05, 0) is 30.0 Å². The SMILES string of the molecule is COc1cc([N+](=O)[O-])ccc1-c1ccc(/C=C2/N=C(N)SC2=O)o1. The van der Waals surface area contributed by atoms with Crippen molar-refractivity contribution in [3.63, 3.8) is 0 Å². The number of benzene rings is 1. The zero-order valence-corrected chi connectivity index (χ0v) is 13.2. The predicted molar refractivity (Wildman–Crippen MR) is 89.5 cm³/mol. The number of carbonyl (C=O) groups excluding carboxylic acids is 1. The van der Waals surface area contributed by atoms with Gasteiger partial charge in [0.1, 0.15) is 23.0 Å². The molecule has 0 amide bonds. The van der Waals surface area contributed by atoms with Gasteiger partial charge in [0.2, 0.25) is 5.12 Å². The lowest BCUT2D eigenvalue weighted by molar-refractivity contribution is -0.384. The van der Waals surface area contributed by atoms with Crippen LogP contribution >= 0.6 is 11.8 Å². The summed E-state index contributed by atoms with van der Waals surface area (Å²) in [5, 5.41) is 10.8. The molecule has 2 heterocycles. The molecule has 1 aliphatic heterocycles. The number of carbonyl (C=O) groups is 1. The molecule has 0 aliphatic carbocycles. The molecule has 0 fully saturated rings. The Balaban J connectivity index is 1.95. The highest BCUT2D eigenvalue weighted by Gasteiger charge is 2.21. The maximum absolute atomic E-state index is 11.6. The number of hydrogen-bond acceptors (Lipinski definition) is 8. The van der Waals surface area contributed by atoms with Crippen LogP contribution in [-0.2, 0) is 4.79 Å². The summed E-state index contributed by atoms with van der Waals surface area (Å²) in [6, 6.07) is 7.55.